The fourth-order valence-corrected chi connectivity index (χ4v) is 3.85. The van der Waals surface area contributed by atoms with E-state index in [0.717, 1.165) is 19.4 Å². The molecule has 3 N–H and O–H groups in total. The monoisotopic (exact) mass is 505 g/mol. The van der Waals surface area contributed by atoms with E-state index in [1.165, 1.54) is 0 Å². The van der Waals surface area contributed by atoms with Crippen LogP contribution in [0.25, 0.3) is 0 Å². The first-order valence-electron chi connectivity index (χ1n) is 12.5. The third-order valence-electron chi connectivity index (χ3n) is 6.25. The lowest BCUT2D eigenvalue weighted by Gasteiger charge is -2.24. The number of hydrogen-bond acceptors (Lipinski definition) is 6. The molecule has 0 aliphatic heterocycles. The first-order valence-corrected chi connectivity index (χ1v) is 12.5. The lowest BCUT2D eigenvalue weighted by Crippen LogP contribution is -2.48. The normalized spacial score (nSPS) is 12.4. The number of para-hydroxylation sites is 1. The zero-order valence-corrected chi connectivity index (χ0v) is 21.6. The minimum Gasteiger partial charge on any atom is -0.497 e. The number of benzene rings is 2. The molecule has 0 bridgehead atoms. The van der Waals surface area contributed by atoms with Gasteiger partial charge in [-0.3, -0.25) is 14.4 Å². The third-order valence-corrected chi connectivity index (χ3v) is 6.25. The van der Waals surface area contributed by atoms with Gasteiger partial charge < -0.3 is 25.3 Å². The summed E-state index contributed by atoms with van der Waals surface area (Å²) in [6.07, 6.45) is 6.98. The van der Waals surface area contributed by atoms with Crippen LogP contribution in [0.15, 0.2) is 67.3 Å². The van der Waals surface area contributed by atoms with Gasteiger partial charge in [-0.1, -0.05) is 32.4 Å². The van der Waals surface area contributed by atoms with Gasteiger partial charge in [-0.15, -0.1) is 0 Å². The minimum absolute atomic E-state index is 0.0507. The van der Waals surface area contributed by atoms with Crippen molar-refractivity contribution in [3.63, 3.8) is 0 Å². The van der Waals surface area contributed by atoms with Crippen LogP contribution in [0.3, 0.4) is 0 Å². The van der Waals surface area contributed by atoms with E-state index < -0.39 is 11.9 Å². The van der Waals surface area contributed by atoms with E-state index in [1.807, 2.05) is 24.6 Å². The average molecular weight is 506 g/mol. The third kappa shape index (κ3) is 8.01. The molecule has 0 fully saturated rings. The molecular weight excluding hydrogens is 470 g/mol. The van der Waals surface area contributed by atoms with Crippen molar-refractivity contribution in [3.8, 4) is 5.75 Å². The highest BCUT2D eigenvalue weighted by Crippen LogP contribution is 2.19. The molecule has 9 nitrogen and oxygen atoms in total. The maximum absolute atomic E-state index is 13.2. The van der Waals surface area contributed by atoms with Gasteiger partial charge in [-0.2, -0.15) is 0 Å². The first-order chi connectivity index (χ1) is 17.9. The summed E-state index contributed by atoms with van der Waals surface area (Å²) >= 11 is 0. The second-order valence-corrected chi connectivity index (χ2v) is 8.86. The van der Waals surface area contributed by atoms with E-state index in [0.29, 0.717) is 29.1 Å². The topological polar surface area (TPSA) is 114 Å². The van der Waals surface area contributed by atoms with Crippen molar-refractivity contribution in [2.75, 3.05) is 25.5 Å². The van der Waals surface area contributed by atoms with Crippen molar-refractivity contribution in [3.05, 3.63) is 78.4 Å². The molecule has 2 aromatic carbocycles. The molecule has 0 radical (unpaired) electrons. The Morgan fingerprint density at radius 2 is 1.81 bits per heavy atom. The predicted octanol–water partition coefficient (Wildman–Crippen LogP) is 3.54. The Hall–Kier alpha value is -3.98. The summed E-state index contributed by atoms with van der Waals surface area (Å²) in [5, 5.41) is 8.90. The van der Waals surface area contributed by atoms with Gasteiger partial charge in [0, 0.05) is 24.5 Å². The van der Waals surface area contributed by atoms with Gasteiger partial charge in [0.25, 0.3) is 11.8 Å². The number of methoxy groups -OCH3 is 1. The van der Waals surface area contributed by atoms with Gasteiger partial charge in [0.2, 0.25) is 0 Å². The highest BCUT2D eigenvalue weighted by molar-refractivity contribution is 6.09. The van der Waals surface area contributed by atoms with Gasteiger partial charge in [0.05, 0.1) is 37.3 Å². The molecule has 0 saturated heterocycles. The summed E-state index contributed by atoms with van der Waals surface area (Å²) in [5.74, 6) is -0.248. The zero-order chi connectivity index (χ0) is 26.6. The SMILES string of the molecule is CCC(C)C(NC(=O)c1ccccc1NC(=O)c1ccc(OC)cc1)C(=O)CNCCCn1ccnc1. The maximum atomic E-state index is 13.2. The summed E-state index contributed by atoms with van der Waals surface area (Å²) in [7, 11) is 1.56. The van der Waals surface area contributed by atoms with Crippen LogP contribution >= 0.6 is 0 Å². The van der Waals surface area contributed by atoms with E-state index in [1.54, 1.807) is 68.2 Å². The highest BCUT2D eigenvalue weighted by atomic mass is 16.5. The molecule has 196 valence electrons. The number of carbonyl (C=O) groups excluding carboxylic acids is 3. The van der Waals surface area contributed by atoms with Gasteiger partial charge in [-0.25, -0.2) is 4.98 Å². The second kappa shape index (κ2) is 13.9. The Morgan fingerprint density at radius 3 is 2.49 bits per heavy atom. The summed E-state index contributed by atoms with van der Waals surface area (Å²) in [5.41, 5.74) is 1.09. The molecule has 3 aromatic rings. The minimum atomic E-state index is -0.649. The molecule has 0 saturated carbocycles. The summed E-state index contributed by atoms with van der Waals surface area (Å²) in [6.45, 7) is 5.57. The molecule has 2 atom stereocenters. The number of nitrogens with zero attached hydrogens (tertiary/aromatic N) is 2. The van der Waals surface area contributed by atoms with Crippen LogP contribution in [-0.4, -0.2) is 53.4 Å². The van der Waals surface area contributed by atoms with Crippen molar-refractivity contribution in [2.45, 2.75) is 39.3 Å². The van der Waals surface area contributed by atoms with Crippen LogP contribution < -0.4 is 20.7 Å². The first kappa shape index (κ1) is 27.6. The van der Waals surface area contributed by atoms with Crippen molar-refractivity contribution in [1.82, 2.24) is 20.2 Å². The molecule has 0 aliphatic carbocycles. The van der Waals surface area contributed by atoms with Crippen LogP contribution in [0, 0.1) is 5.92 Å². The molecule has 0 aliphatic rings. The van der Waals surface area contributed by atoms with Crippen LogP contribution in [0.4, 0.5) is 5.69 Å². The number of carbonyl (C=O) groups is 3. The van der Waals surface area contributed by atoms with Crippen LogP contribution in [0.2, 0.25) is 0 Å². The number of amides is 2. The highest BCUT2D eigenvalue weighted by Gasteiger charge is 2.27. The van der Waals surface area contributed by atoms with Crippen molar-refractivity contribution in [1.29, 1.82) is 0 Å². The van der Waals surface area contributed by atoms with Crippen molar-refractivity contribution >= 4 is 23.3 Å². The molecule has 2 unspecified atom stereocenters. The Labute approximate surface area is 217 Å². The number of nitrogens with one attached hydrogen (secondary N) is 3. The second-order valence-electron chi connectivity index (χ2n) is 8.86. The van der Waals surface area contributed by atoms with Crippen LogP contribution in [0.5, 0.6) is 5.75 Å². The zero-order valence-electron chi connectivity index (χ0n) is 21.6. The number of imidazole rings is 1. The Morgan fingerprint density at radius 1 is 1.05 bits per heavy atom. The van der Waals surface area contributed by atoms with Crippen molar-refractivity contribution in [2.24, 2.45) is 5.92 Å². The van der Waals surface area contributed by atoms with Crippen LogP contribution in [-0.2, 0) is 11.3 Å². The van der Waals surface area contributed by atoms with E-state index in [9.17, 15) is 14.4 Å². The molecule has 1 heterocycles. The Bertz CT molecular complexity index is 1160. The van der Waals surface area contributed by atoms with Gasteiger partial charge >= 0.3 is 0 Å². The molecular formula is C28H35N5O4. The molecule has 3 rings (SSSR count). The molecule has 9 heteroatoms. The Balaban J connectivity index is 1.61. The van der Waals surface area contributed by atoms with E-state index in [-0.39, 0.29) is 24.2 Å². The number of rotatable bonds is 14. The summed E-state index contributed by atoms with van der Waals surface area (Å²) in [6, 6.07) is 12.8. The molecule has 2 amide bonds. The molecule has 1 aromatic heterocycles. The quantitative estimate of drug-likeness (QED) is 0.289. The largest absolute Gasteiger partial charge is 0.497 e. The fourth-order valence-electron chi connectivity index (χ4n) is 3.85. The van der Waals surface area contributed by atoms with Crippen molar-refractivity contribution < 1.29 is 19.1 Å². The van der Waals surface area contributed by atoms with Crippen LogP contribution in [0.1, 0.15) is 47.4 Å². The maximum Gasteiger partial charge on any atom is 0.255 e. The number of ether oxygens (including phenoxy) is 1. The number of anilines is 1. The predicted molar refractivity (Wildman–Crippen MR) is 143 cm³/mol. The average Bonchev–Trinajstić information content (AvgIpc) is 3.44. The molecule has 0 spiro atoms. The lowest BCUT2D eigenvalue weighted by molar-refractivity contribution is -0.121. The smallest absolute Gasteiger partial charge is 0.255 e. The number of aryl methyl sites for hydroxylation is 1. The number of Topliss-reactive ketones (excluding diaryl/α,β-unsaturated/α-hetero) is 1. The molecule has 37 heavy (non-hydrogen) atoms. The van der Waals surface area contributed by atoms with Gasteiger partial charge in [-0.05, 0) is 55.3 Å². The standard InChI is InChI=1S/C28H35N5O4/c1-4-20(2)26(25(34)18-29-14-7-16-33-17-15-30-19-33)32-28(36)23-8-5-6-9-24(23)31-27(35)21-10-12-22(37-3)13-11-21/h5-6,8-13,15,17,19-20,26,29H,4,7,14,16,18H2,1-3H3,(H,31,35)(H,32,36). The van der Waals surface area contributed by atoms with Gasteiger partial charge in [0.1, 0.15) is 5.75 Å². The summed E-state index contributed by atoms with van der Waals surface area (Å²) < 4.78 is 7.12. The number of aromatic nitrogens is 2. The van der Waals surface area contributed by atoms with E-state index in [2.05, 4.69) is 20.9 Å². The van der Waals surface area contributed by atoms with E-state index in [4.69, 9.17) is 4.74 Å². The lowest BCUT2D eigenvalue weighted by atomic mass is 9.94. The Kier molecular flexibility index (Phi) is 10.4. The van der Waals surface area contributed by atoms with E-state index >= 15 is 0 Å². The number of hydrogen-bond donors (Lipinski definition) is 3. The van der Waals surface area contributed by atoms with Gasteiger partial charge in [0.15, 0.2) is 5.78 Å². The summed E-state index contributed by atoms with van der Waals surface area (Å²) in [4.78, 5) is 43.1. The fraction of sp³-hybridized carbons (Fsp3) is 0.357. The number of ketones is 1.